The van der Waals surface area contributed by atoms with E-state index in [0.717, 1.165) is 11.3 Å². The average molecular weight is 268 g/mol. The summed E-state index contributed by atoms with van der Waals surface area (Å²) in [5.74, 6) is -0.402. The lowest BCUT2D eigenvalue weighted by molar-refractivity contribution is -0.144. The molecular formula is C12H16N2O5. The van der Waals surface area contributed by atoms with Crippen molar-refractivity contribution in [2.75, 3.05) is 20.3 Å². The summed E-state index contributed by atoms with van der Waals surface area (Å²) in [6.45, 7) is -0.206. The van der Waals surface area contributed by atoms with Crippen molar-refractivity contribution >= 4 is 12.0 Å². The van der Waals surface area contributed by atoms with Crippen LogP contribution in [-0.2, 0) is 16.1 Å². The molecule has 19 heavy (non-hydrogen) atoms. The first-order valence-electron chi connectivity index (χ1n) is 5.63. The minimum Gasteiger partial charge on any atom is -0.496 e. The first-order chi connectivity index (χ1) is 9.13. The SMILES string of the molecule is COc1ccccc1CCNC(=O)NOCC(=O)O. The van der Waals surface area contributed by atoms with Crippen molar-refractivity contribution in [3.8, 4) is 5.75 Å². The molecule has 0 bridgehead atoms. The van der Waals surface area contributed by atoms with Crippen LogP contribution >= 0.6 is 0 Å². The molecule has 0 fully saturated rings. The lowest BCUT2D eigenvalue weighted by Gasteiger charge is -2.09. The lowest BCUT2D eigenvalue weighted by atomic mass is 10.1. The number of para-hydroxylation sites is 1. The summed E-state index contributed by atoms with van der Waals surface area (Å²) in [5, 5.41) is 10.8. The summed E-state index contributed by atoms with van der Waals surface area (Å²) in [4.78, 5) is 25.8. The molecule has 0 aromatic heterocycles. The summed E-state index contributed by atoms with van der Waals surface area (Å²) in [7, 11) is 1.58. The van der Waals surface area contributed by atoms with Gasteiger partial charge in [0.25, 0.3) is 0 Å². The van der Waals surface area contributed by atoms with Crippen molar-refractivity contribution in [1.82, 2.24) is 10.8 Å². The standard InChI is InChI=1S/C12H16N2O5/c1-18-10-5-3-2-4-9(10)6-7-13-12(17)14-19-8-11(15)16/h2-5H,6-8H2,1H3,(H,15,16)(H2,13,14,17). The molecule has 7 nitrogen and oxygen atoms in total. The maximum absolute atomic E-state index is 11.2. The van der Waals surface area contributed by atoms with E-state index >= 15 is 0 Å². The molecule has 0 radical (unpaired) electrons. The quantitative estimate of drug-likeness (QED) is 0.628. The molecule has 2 amide bonds. The number of amides is 2. The third-order valence-corrected chi connectivity index (χ3v) is 2.23. The molecule has 0 aliphatic carbocycles. The van der Waals surface area contributed by atoms with Gasteiger partial charge in [-0.2, -0.15) is 0 Å². The van der Waals surface area contributed by atoms with Crippen LogP contribution in [0.4, 0.5) is 4.79 Å². The fraction of sp³-hybridized carbons (Fsp3) is 0.333. The topological polar surface area (TPSA) is 96.9 Å². The first kappa shape index (κ1) is 14.8. The number of hydroxylamine groups is 1. The molecule has 0 unspecified atom stereocenters. The summed E-state index contributed by atoms with van der Waals surface area (Å²) in [6.07, 6.45) is 0.594. The molecule has 7 heteroatoms. The zero-order valence-electron chi connectivity index (χ0n) is 10.5. The number of carboxylic acids is 1. The minimum atomic E-state index is -1.16. The minimum absolute atomic E-state index is 0.378. The highest BCUT2D eigenvalue weighted by Gasteiger charge is 2.04. The molecule has 1 rings (SSSR count). The molecule has 0 saturated heterocycles. The van der Waals surface area contributed by atoms with Gasteiger partial charge in [-0.15, -0.1) is 0 Å². The predicted molar refractivity (Wildman–Crippen MR) is 66.8 cm³/mol. The second-order valence-corrected chi connectivity index (χ2v) is 3.60. The third-order valence-electron chi connectivity index (χ3n) is 2.23. The Morgan fingerprint density at radius 2 is 2.05 bits per heavy atom. The molecule has 104 valence electrons. The Balaban J connectivity index is 2.26. The highest BCUT2D eigenvalue weighted by Crippen LogP contribution is 2.16. The number of carboxylic acid groups (broad SMARTS) is 1. The van der Waals surface area contributed by atoms with Gasteiger partial charge < -0.3 is 15.2 Å². The number of benzene rings is 1. The van der Waals surface area contributed by atoms with Crippen molar-refractivity contribution in [2.45, 2.75) is 6.42 Å². The van der Waals surface area contributed by atoms with Crippen molar-refractivity contribution in [2.24, 2.45) is 0 Å². The van der Waals surface area contributed by atoms with Gasteiger partial charge in [-0.3, -0.25) is 4.84 Å². The van der Waals surface area contributed by atoms with Crippen LogP contribution < -0.4 is 15.5 Å². The summed E-state index contributed by atoms with van der Waals surface area (Å²) >= 11 is 0. The number of carbonyl (C=O) groups is 2. The van der Waals surface area contributed by atoms with Gasteiger partial charge in [0.05, 0.1) is 7.11 Å². The van der Waals surface area contributed by atoms with E-state index in [1.807, 2.05) is 29.7 Å². The first-order valence-corrected chi connectivity index (χ1v) is 5.63. The van der Waals surface area contributed by atoms with Crippen LogP contribution in [0.2, 0.25) is 0 Å². The molecule has 0 aliphatic heterocycles. The number of methoxy groups -OCH3 is 1. The van der Waals surface area contributed by atoms with Crippen molar-refractivity contribution in [1.29, 1.82) is 0 Å². The van der Waals surface area contributed by atoms with Crippen molar-refractivity contribution in [3.63, 3.8) is 0 Å². The molecule has 1 aromatic rings. The van der Waals surface area contributed by atoms with Gasteiger partial charge in [0.15, 0.2) is 6.61 Å². The summed E-state index contributed by atoms with van der Waals surface area (Å²) in [5.41, 5.74) is 2.94. The van der Waals surface area contributed by atoms with Gasteiger partial charge in [-0.1, -0.05) is 18.2 Å². The van der Waals surface area contributed by atoms with Gasteiger partial charge in [-0.25, -0.2) is 15.1 Å². The Labute approximate surface area is 110 Å². The van der Waals surface area contributed by atoms with Crippen LogP contribution in [0.15, 0.2) is 24.3 Å². The van der Waals surface area contributed by atoms with Crippen LogP contribution in [0.3, 0.4) is 0 Å². The number of hydrogen-bond acceptors (Lipinski definition) is 4. The summed E-state index contributed by atoms with van der Waals surface area (Å²) < 4.78 is 5.18. The Bertz CT molecular complexity index is 436. The van der Waals surface area contributed by atoms with Crippen molar-refractivity contribution < 1.29 is 24.3 Å². The summed E-state index contributed by atoms with van der Waals surface area (Å²) in [6, 6.07) is 6.90. The molecular weight excluding hydrogens is 252 g/mol. The fourth-order valence-electron chi connectivity index (χ4n) is 1.42. The molecule has 0 atom stereocenters. The highest BCUT2D eigenvalue weighted by molar-refractivity contribution is 5.73. The Morgan fingerprint density at radius 3 is 2.74 bits per heavy atom. The zero-order chi connectivity index (χ0) is 14.1. The molecule has 0 spiro atoms. The monoisotopic (exact) mass is 268 g/mol. The van der Waals surface area contributed by atoms with Gasteiger partial charge in [0, 0.05) is 6.54 Å². The molecule has 1 aromatic carbocycles. The average Bonchev–Trinajstić information content (AvgIpc) is 2.39. The molecule has 0 heterocycles. The van der Waals surface area contributed by atoms with Crippen molar-refractivity contribution in [3.05, 3.63) is 29.8 Å². The van der Waals surface area contributed by atoms with E-state index in [1.165, 1.54) is 0 Å². The van der Waals surface area contributed by atoms with Gasteiger partial charge in [0.2, 0.25) is 0 Å². The van der Waals surface area contributed by atoms with Crippen LogP contribution in [-0.4, -0.2) is 37.4 Å². The van der Waals surface area contributed by atoms with Crippen LogP contribution in [0.5, 0.6) is 5.75 Å². The molecule has 3 N–H and O–H groups in total. The van der Waals surface area contributed by atoms with E-state index in [4.69, 9.17) is 9.84 Å². The lowest BCUT2D eigenvalue weighted by Crippen LogP contribution is -2.37. The zero-order valence-corrected chi connectivity index (χ0v) is 10.5. The Kier molecular flexibility index (Phi) is 6.17. The van der Waals surface area contributed by atoms with E-state index in [9.17, 15) is 9.59 Å². The smallest absolute Gasteiger partial charge is 0.338 e. The van der Waals surface area contributed by atoms with E-state index in [-0.39, 0.29) is 0 Å². The van der Waals surface area contributed by atoms with Gasteiger partial charge >= 0.3 is 12.0 Å². The molecule has 0 aliphatic rings. The third kappa shape index (κ3) is 5.73. The number of rotatable bonds is 7. The van der Waals surface area contributed by atoms with E-state index in [2.05, 4.69) is 10.2 Å². The number of aliphatic carboxylic acids is 1. The normalized spacial score (nSPS) is 9.74. The highest BCUT2D eigenvalue weighted by atomic mass is 16.7. The van der Waals surface area contributed by atoms with Crippen LogP contribution in [0.1, 0.15) is 5.56 Å². The Morgan fingerprint density at radius 1 is 1.32 bits per heavy atom. The number of carbonyl (C=O) groups excluding carboxylic acids is 1. The number of ether oxygens (including phenoxy) is 1. The second kappa shape index (κ2) is 7.93. The van der Waals surface area contributed by atoms with Crippen LogP contribution in [0, 0.1) is 0 Å². The largest absolute Gasteiger partial charge is 0.496 e. The van der Waals surface area contributed by atoms with E-state index in [0.29, 0.717) is 13.0 Å². The van der Waals surface area contributed by atoms with Gasteiger partial charge in [-0.05, 0) is 18.1 Å². The number of nitrogens with one attached hydrogen (secondary N) is 2. The maximum atomic E-state index is 11.2. The second-order valence-electron chi connectivity index (χ2n) is 3.60. The van der Waals surface area contributed by atoms with E-state index in [1.54, 1.807) is 7.11 Å². The number of urea groups is 1. The predicted octanol–water partition coefficient (Wildman–Crippen LogP) is 0.553. The van der Waals surface area contributed by atoms with Gasteiger partial charge in [0.1, 0.15) is 5.75 Å². The fourth-order valence-corrected chi connectivity index (χ4v) is 1.42. The molecule has 0 saturated carbocycles. The van der Waals surface area contributed by atoms with E-state index < -0.39 is 18.6 Å². The van der Waals surface area contributed by atoms with Crippen LogP contribution in [0.25, 0.3) is 0 Å². The Hall–Kier alpha value is -2.28. The number of hydrogen-bond donors (Lipinski definition) is 3. The maximum Gasteiger partial charge on any atom is 0.338 e.